The molecule has 1 rings (SSSR count). The van der Waals surface area contributed by atoms with Crippen LogP contribution in [0.4, 0.5) is 5.69 Å². The zero-order valence-electron chi connectivity index (χ0n) is 14.1. The van der Waals surface area contributed by atoms with Crippen LogP contribution in [0.1, 0.15) is 30.6 Å². The molecular weight excluding hydrogens is 352 g/mol. The van der Waals surface area contributed by atoms with Gasteiger partial charge in [0.2, 0.25) is 0 Å². The first-order valence-corrected chi connectivity index (χ1v) is 9.34. The molecule has 0 fully saturated rings. The van der Waals surface area contributed by atoms with Crippen molar-refractivity contribution >= 4 is 27.4 Å². The summed E-state index contributed by atoms with van der Waals surface area (Å²) in [5.41, 5.74) is -0.938. The van der Waals surface area contributed by atoms with Crippen molar-refractivity contribution in [3.8, 4) is 0 Å². The predicted octanol–water partition coefficient (Wildman–Crippen LogP) is 1.32. The van der Waals surface area contributed by atoms with Crippen molar-refractivity contribution in [1.82, 2.24) is 5.32 Å². The third-order valence-corrected chi connectivity index (χ3v) is 4.31. The molecule has 0 spiro atoms. The van der Waals surface area contributed by atoms with Gasteiger partial charge in [-0.2, -0.15) is 0 Å². The summed E-state index contributed by atoms with van der Waals surface area (Å²) in [5, 5.41) is 13.6. The molecule has 1 aromatic carbocycles. The van der Waals surface area contributed by atoms with Crippen LogP contribution in [0.5, 0.6) is 0 Å². The van der Waals surface area contributed by atoms with Crippen LogP contribution in [0.25, 0.3) is 0 Å². The molecule has 10 heteroatoms. The van der Waals surface area contributed by atoms with E-state index in [4.69, 9.17) is 4.74 Å². The molecular formula is C15H20N2O7S. The number of hydrogen-bond acceptors (Lipinski definition) is 7. The lowest BCUT2D eigenvalue weighted by molar-refractivity contribution is -0.387. The van der Waals surface area contributed by atoms with E-state index in [1.165, 1.54) is 0 Å². The SMILES string of the molecule is CC(C)CCNC(=O)COC(=O)c1ccc(S(C)(=O)=O)c([N+](=O)[O-])c1. The standard InChI is InChI=1S/C15H20N2O7S/c1-10(2)6-7-16-14(18)9-24-15(19)11-4-5-13(25(3,22)23)12(8-11)17(20)21/h4-5,8,10H,6-7,9H2,1-3H3,(H,16,18). The highest BCUT2D eigenvalue weighted by Gasteiger charge is 2.24. The number of carbonyl (C=O) groups excluding carboxylic acids is 2. The lowest BCUT2D eigenvalue weighted by atomic mass is 10.1. The average molecular weight is 372 g/mol. The van der Waals surface area contributed by atoms with Crippen LogP contribution < -0.4 is 5.32 Å². The first-order valence-electron chi connectivity index (χ1n) is 7.44. The summed E-state index contributed by atoms with van der Waals surface area (Å²) in [5.74, 6) is -1.03. The van der Waals surface area contributed by atoms with Gasteiger partial charge < -0.3 is 10.1 Å². The van der Waals surface area contributed by atoms with Gasteiger partial charge in [-0.1, -0.05) is 13.8 Å². The first kappa shape index (κ1) is 20.6. The number of rotatable bonds is 8. The minimum Gasteiger partial charge on any atom is -0.452 e. The van der Waals surface area contributed by atoms with Crippen molar-refractivity contribution in [2.24, 2.45) is 5.92 Å². The molecule has 1 aromatic rings. The van der Waals surface area contributed by atoms with E-state index in [0.29, 0.717) is 12.5 Å². The third-order valence-electron chi connectivity index (χ3n) is 3.17. The van der Waals surface area contributed by atoms with E-state index in [1.807, 2.05) is 13.8 Å². The van der Waals surface area contributed by atoms with Crippen LogP contribution in [0, 0.1) is 16.0 Å². The Labute approximate surface area is 145 Å². The summed E-state index contributed by atoms with van der Waals surface area (Å²) in [6.45, 7) is 3.92. The van der Waals surface area contributed by atoms with Crippen LogP contribution in [0.15, 0.2) is 23.1 Å². The van der Waals surface area contributed by atoms with E-state index in [-0.39, 0.29) is 5.56 Å². The molecule has 0 atom stereocenters. The van der Waals surface area contributed by atoms with Gasteiger partial charge in [-0.3, -0.25) is 14.9 Å². The Morgan fingerprint density at radius 3 is 2.48 bits per heavy atom. The molecule has 0 aliphatic rings. The number of nitrogens with zero attached hydrogens (tertiary/aromatic N) is 1. The molecule has 0 unspecified atom stereocenters. The Bertz CT molecular complexity index is 772. The van der Waals surface area contributed by atoms with E-state index < -0.39 is 43.8 Å². The lowest BCUT2D eigenvalue weighted by Gasteiger charge is -2.08. The number of ether oxygens (including phenoxy) is 1. The molecule has 0 saturated carbocycles. The number of benzene rings is 1. The second-order valence-electron chi connectivity index (χ2n) is 5.82. The topological polar surface area (TPSA) is 133 Å². The van der Waals surface area contributed by atoms with Crippen molar-refractivity contribution < 1.29 is 27.7 Å². The van der Waals surface area contributed by atoms with Crippen LogP contribution in [0.2, 0.25) is 0 Å². The Balaban J connectivity index is 2.78. The lowest BCUT2D eigenvalue weighted by Crippen LogP contribution is -2.30. The maximum atomic E-state index is 11.9. The van der Waals surface area contributed by atoms with Crippen molar-refractivity contribution in [3.63, 3.8) is 0 Å². The predicted molar refractivity (Wildman–Crippen MR) is 89.0 cm³/mol. The Morgan fingerprint density at radius 1 is 1.32 bits per heavy atom. The first-order chi connectivity index (χ1) is 11.5. The fourth-order valence-corrected chi connectivity index (χ4v) is 2.69. The monoisotopic (exact) mass is 372 g/mol. The summed E-state index contributed by atoms with van der Waals surface area (Å²) >= 11 is 0. The molecule has 25 heavy (non-hydrogen) atoms. The van der Waals surface area contributed by atoms with E-state index in [1.54, 1.807) is 0 Å². The van der Waals surface area contributed by atoms with Crippen LogP contribution in [0.3, 0.4) is 0 Å². The molecule has 0 aliphatic heterocycles. The minimum atomic E-state index is -3.82. The van der Waals surface area contributed by atoms with Gasteiger partial charge in [0, 0.05) is 18.9 Å². The molecule has 0 aliphatic carbocycles. The number of carbonyl (C=O) groups is 2. The Hall–Kier alpha value is -2.49. The largest absolute Gasteiger partial charge is 0.452 e. The molecule has 1 N–H and O–H groups in total. The summed E-state index contributed by atoms with van der Waals surface area (Å²) in [6.07, 6.45) is 1.60. The number of amides is 1. The molecule has 0 bridgehead atoms. The number of esters is 1. The Morgan fingerprint density at radius 2 is 1.96 bits per heavy atom. The number of sulfone groups is 1. The molecule has 138 valence electrons. The molecule has 0 saturated heterocycles. The number of nitro groups is 1. The minimum absolute atomic E-state index is 0.214. The highest BCUT2D eigenvalue weighted by atomic mass is 32.2. The summed E-state index contributed by atoms with van der Waals surface area (Å²) in [6, 6.07) is 2.88. The van der Waals surface area contributed by atoms with Gasteiger partial charge in [0.05, 0.1) is 10.5 Å². The zero-order valence-corrected chi connectivity index (χ0v) is 15.0. The van der Waals surface area contributed by atoms with Gasteiger partial charge in [0.25, 0.3) is 11.6 Å². The summed E-state index contributed by atoms with van der Waals surface area (Å²) in [7, 11) is -3.82. The molecule has 1 amide bonds. The number of hydrogen-bond donors (Lipinski definition) is 1. The number of nitrogens with one attached hydrogen (secondary N) is 1. The molecule has 0 aromatic heterocycles. The second-order valence-corrected chi connectivity index (χ2v) is 7.80. The van der Waals surface area contributed by atoms with E-state index in [0.717, 1.165) is 30.9 Å². The van der Waals surface area contributed by atoms with Gasteiger partial charge in [0.15, 0.2) is 16.4 Å². The van der Waals surface area contributed by atoms with Crippen LogP contribution in [-0.4, -0.2) is 44.6 Å². The van der Waals surface area contributed by atoms with Crippen molar-refractivity contribution in [2.45, 2.75) is 25.2 Å². The summed E-state index contributed by atoms with van der Waals surface area (Å²) < 4.78 is 27.8. The maximum Gasteiger partial charge on any atom is 0.338 e. The van der Waals surface area contributed by atoms with Crippen molar-refractivity contribution in [2.75, 3.05) is 19.4 Å². The normalized spacial score (nSPS) is 11.2. The second kappa shape index (κ2) is 8.56. The van der Waals surface area contributed by atoms with Crippen LogP contribution >= 0.6 is 0 Å². The van der Waals surface area contributed by atoms with Crippen molar-refractivity contribution in [3.05, 3.63) is 33.9 Å². The van der Waals surface area contributed by atoms with Gasteiger partial charge in [-0.15, -0.1) is 0 Å². The molecule has 0 radical (unpaired) electrons. The average Bonchev–Trinajstić information content (AvgIpc) is 2.50. The highest BCUT2D eigenvalue weighted by molar-refractivity contribution is 7.90. The summed E-state index contributed by atoms with van der Waals surface area (Å²) in [4.78, 5) is 33.0. The van der Waals surface area contributed by atoms with E-state index in [9.17, 15) is 28.1 Å². The smallest absolute Gasteiger partial charge is 0.338 e. The molecule has 9 nitrogen and oxygen atoms in total. The van der Waals surface area contributed by atoms with E-state index >= 15 is 0 Å². The van der Waals surface area contributed by atoms with Crippen LogP contribution in [-0.2, 0) is 19.4 Å². The molecule has 0 heterocycles. The third kappa shape index (κ3) is 6.49. The van der Waals surface area contributed by atoms with E-state index in [2.05, 4.69) is 5.32 Å². The fraction of sp³-hybridized carbons (Fsp3) is 0.467. The fourth-order valence-electron chi connectivity index (χ4n) is 1.87. The maximum absolute atomic E-state index is 11.9. The van der Waals surface area contributed by atoms with Gasteiger partial charge in [0.1, 0.15) is 4.90 Å². The highest BCUT2D eigenvalue weighted by Crippen LogP contribution is 2.25. The number of nitro benzene ring substituents is 1. The van der Waals surface area contributed by atoms with Gasteiger partial charge in [-0.05, 0) is 24.5 Å². The Kier molecular flexibility index (Phi) is 7.04. The van der Waals surface area contributed by atoms with Gasteiger partial charge in [-0.25, -0.2) is 13.2 Å². The zero-order chi connectivity index (χ0) is 19.2. The quantitative estimate of drug-likeness (QED) is 0.413. The van der Waals surface area contributed by atoms with Gasteiger partial charge >= 0.3 is 5.97 Å². The van der Waals surface area contributed by atoms with Crippen molar-refractivity contribution in [1.29, 1.82) is 0 Å².